The number of aromatic nitrogens is 1. The lowest BCUT2D eigenvalue weighted by atomic mass is 10.1. The van der Waals surface area contributed by atoms with Gasteiger partial charge in [0, 0.05) is 41.2 Å². The Balaban J connectivity index is 1.52. The van der Waals surface area contributed by atoms with E-state index in [0.29, 0.717) is 5.25 Å². The van der Waals surface area contributed by atoms with Gasteiger partial charge in [0.2, 0.25) is 0 Å². The highest BCUT2D eigenvalue weighted by Crippen LogP contribution is 2.34. The average Bonchev–Trinajstić information content (AvgIpc) is 2.91. The van der Waals surface area contributed by atoms with Gasteiger partial charge < -0.3 is 9.88 Å². The maximum absolute atomic E-state index is 13.0. The predicted molar refractivity (Wildman–Crippen MR) is 100 cm³/mol. The van der Waals surface area contributed by atoms with E-state index in [9.17, 15) is 4.79 Å². The number of amides is 1. The Labute approximate surface area is 146 Å². The number of hydrogen-bond acceptors (Lipinski definition) is 2. The van der Waals surface area contributed by atoms with Gasteiger partial charge >= 0.3 is 0 Å². The summed E-state index contributed by atoms with van der Waals surface area (Å²) in [5.74, 6) is 1.12. The van der Waals surface area contributed by atoms with Crippen molar-refractivity contribution in [2.24, 2.45) is 0 Å². The molecule has 3 nitrogen and oxygen atoms in total. The summed E-state index contributed by atoms with van der Waals surface area (Å²) in [4.78, 5) is 18.2. The molecule has 0 bridgehead atoms. The van der Waals surface area contributed by atoms with Crippen molar-refractivity contribution in [1.82, 2.24) is 9.88 Å². The summed E-state index contributed by atoms with van der Waals surface area (Å²) < 4.78 is 0. The fourth-order valence-corrected chi connectivity index (χ4v) is 4.56. The van der Waals surface area contributed by atoms with Gasteiger partial charge in [0.1, 0.15) is 0 Å². The zero-order chi connectivity index (χ0) is 16.4. The molecule has 0 aliphatic carbocycles. The first-order valence-electron chi connectivity index (χ1n) is 8.35. The van der Waals surface area contributed by atoms with Crippen LogP contribution in [0.3, 0.4) is 0 Å². The Bertz CT molecular complexity index is 843. The number of carbonyl (C=O) groups is 1. The third-order valence-electron chi connectivity index (χ3n) is 4.62. The largest absolute Gasteiger partial charge is 0.360 e. The van der Waals surface area contributed by atoms with Crippen LogP contribution in [0.15, 0.2) is 60.8 Å². The minimum absolute atomic E-state index is 0.141. The minimum atomic E-state index is 0.141. The predicted octanol–water partition coefficient (Wildman–Crippen LogP) is 4.49. The quantitative estimate of drug-likeness (QED) is 0.748. The summed E-state index contributed by atoms with van der Waals surface area (Å²) >= 11 is 1.96. The standard InChI is InChI=1S/C20H20N2OS/c23-20(17-14-21-18-9-5-4-8-16(17)18)22-11-10-19(24-13-12-22)15-6-2-1-3-7-15/h1-9,14,19,21H,10-13H2. The molecule has 1 aromatic heterocycles. The first kappa shape index (κ1) is 15.3. The van der Waals surface area contributed by atoms with E-state index in [1.807, 2.05) is 47.1 Å². The number of hydrogen-bond donors (Lipinski definition) is 1. The van der Waals surface area contributed by atoms with E-state index in [0.717, 1.165) is 41.7 Å². The fraction of sp³-hybridized carbons (Fsp3) is 0.250. The second kappa shape index (κ2) is 6.73. The van der Waals surface area contributed by atoms with E-state index in [4.69, 9.17) is 0 Å². The van der Waals surface area contributed by atoms with Gasteiger partial charge in [-0.3, -0.25) is 4.79 Å². The molecule has 1 saturated heterocycles. The zero-order valence-electron chi connectivity index (χ0n) is 13.4. The number of rotatable bonds is 2. The van der Waals surface area contributed by atoms with Gasteiger partial charge in [-0.2, -0.15) is 11.8 Å². The van der Waals surface area contributed by atoms with Crippen LogP contribution in [0.5, 0.6) is 0 Å². The second-order valence-corrected chi connectivity index (χ2v) is 7.41. The van der Waals surface area contributed by atoms with Crippen LogP contribution in [0.4, 0.5) is 0 Å². The number of nitrogens with zero attached hydrogens (tertiary/aromatic N) is 1. The van der Waals surface area contributed by atoms with Crippen LogP contribution in [0.1, 0.15) is 27.6 Å². The molecule has 1 N–H and O–H groups in total. The Kier molecular flexibility index (Phi) is 4.30. The van der Waals surface area contributed by atoms with E-state index >= 15 is 0 Å². The highest BCUT2D eigenvalue weighted by atomic mass is 32.2. The molecule has 1 amide bonds. The molecule has 3 aromatic rings. The Morgan fingerprint density at radius 1 is 1.04 bits per heavy atom. The number of para-hydroxylation sites is 1. The lowest BCUT2D eigenvalue weighted by molar-refractivity contribution is 0.0768. The molecule has 2 aromatic carbocycles. The Hall–Kier alpha value is -2.20. The van der Waals surface area contributed by atoms with Gasteiger partial charge in [0.05, 0.1) is 5.56 Å². The van der Waals surface area contributed by atoms with Crippen molar-refractivity contribution in [2.75, 3.05) is 18.8 Å². The van der Waals surface area contributed by atoms with E-state index < -0.39 is 0 Å². The summed E-state index contributed by atoms with van der Waals surface area (Å²) in [6.45, 7) is 1.62. The highest BCUT2D eigenvalue weighted by Gasteiger charge is 2.24. The zero-order valence-corrected chi connectivity index (χ0v) is 14.3. The molecule has 1 aliphatic heterocycles. The molecule has 1 aliphatic rings. The third-order valence-corrected chi connectivity index (χ3v) is 5.95. The van der Waals surface area contributed by atoms with Crippen LogP contribution in [-0.4, -0.2) is 34.6 Å². The van der Waals surface area contributed by atoms with Crippen LogP contribution < -0.4 is 0 Å². The van der Waals surface area contributed by atoms with Crippen molar-refractivity contribution in [1.29, 1.82) is 0 Å². The third kappa shape index (κ3) is 2.94. The van der Waals surface area contributed by atoms with Crippen LogP contribution in [0, 0.1) is 0 Å². The molecule has 0 saturated carbocycles. The molecule has 1 unspecified atom stereocenters. The van der Waals surface area contributed by atoms with Crippen molar-refractivity contribution in [3.05, 3.63) is 71.9 Å². The second-order valence-electron chi connectivity index (χ2n) is 6.10. The maximum Gasteiger partial charge on any atom is 0.256 e. The van der Waals surface area contributed by atoms with Gasteiger partial charge in [-0.1, -0.05) is 48.5 Å². The molecule has 4 rings (SSSR count). The van der Waals surface area contributed by atoms with Gasteiger partial charge in [0.15, 0.2) is 0 Å². The van der Waals surface area contributed by atoms with E-state index in [-0.39, 0.29) is 5.91 Å². The first-order valence-corrected chi connectivity index (χ1v) is 9.40. The minimum Gasteiger partial charge on any atom is -0.360 e. The summed E-state index contributed by atoms with van der Waals surface area (Å²) in [6.07, 6.45) is 2.85. The van der Waals surface area contributed by atoms with Crippen LogP contribution in [0.2, 0.25) is 0 Å². The molecule has 24 heavy (non-hydrogen) atoms. The van der Waals surface area contributed by atoms with Crippen LogP contribution in [0.25, 0.3) is 10.9 Å². The van der Waals surface area contributed by atoms with Gasteiger partial charge in [-0.15, -0.1) is 0 Å². The van der Waals surface area contributed by atoms with Crippen molar-refractivity contribution in [2.45, 2.75) is 11.7 Å². The van der Waals surface area contributed by atoms with Crippen molar-refractivity contribution >= 4 is 28.6 Å². The summed E-state index contributed by atoms with van der Waals surface area (Å²) in [5.41, 5.74) is 3.17. The summed E-state index contributed by atoms with van der Waals surface area (Å²) in [5, 5.41) is 1.49. The Morgan fingerprint density at radius 3 is 2.71 bits per heavy atom. The van der Waals surface area contributed by atoms with E-state index in [2.05, 4.69) is 35.3 Å². The number of carbonyl (C=O) groups excluding carboxylic acids is 1. The molecule has 1 atom stereocenters. The monoisotopic (exact) mass is 336 g/mol. The molecule has 1 fully saturated rings. The number of benzene rings is 2. The number of H-pyrrole nitrogens is 1. The first-order chi connectivity index (χ1) is 11.8. The topological polar surface area (TPSA) is 36.1 Å². The van der Waals surface area contributed by atoms with E-state index in [1.165, 1.54) is 5.56 Å². The summed E-state index contributed by atoms with van der Waals surface area (Å²) in [7, 11) is 0. The smallest absolute Gasteiger partial charge is 0.256 e. The SMILES string of the molecule is O=C(c1c[nH]c2ccccc12)N1CCSC(c2ccccc2)CC1. The molecule has 0 spiro atoms. The molecule has 0 radical (unpaired) electrons. The normalized spacial score (nSPS) is 18.5. The van der Waals surface area contributed by atoms with Crippen molar-refractivity contribution in [3.8, 4) is 0 Å². The van der Waals surface area contributed by atoms with Gasteiger partial charge in [0.25, 0.3) is 5.91 Å². The van der Waals surface area contributed by atoms with Gasteiger partial charge in [-0.25, -0.2) is 0 Å². The number of aromatic amines is 1. The molecule has 2 heterocycles. The van der Waals surface area contributed by atoms with E-state index in [1.54, 1.807) is 0 Å². The summed E-state index contributed by atoms with van der Waals surface area (Å²) in [6, 6.07) is 18.6. The maximum atomic E-state index is 13.0. The van der Waals surface area contributed by atoms with Crippen molar-refractivity contribution < 1.29 is 4.79 Å². The Morgan fingerprint density at radius 2 is 1.83 bits per heavy atom. The highest BCUT2D eigenvalue weighted by molar-refractivity contribution is 7.99. The van der Waals surface area contributed by atoms with Gasteiger partial charge in [-0.05, 0) is 18.1 Å². The molecule has 122 valence electrons. The van der Waals surface area contributed by atoms with Crippen molar-refractivity contribution in [3.63, 3.8) is 0 Å². The average molecular weight is 336 g/mol. The number of nitrogens with one attached hydrogen (secondary N) is 1. The lowest BCUT2D eigenvalue weighted by Crippen LogP contribution is -2.32. The number of fused-ring (bicyclic) bond motifs is 1. The molecular formula is C20H20N2OS. The lowest BCUT2D eigenvalue weighted by Gasteiger charge is -2.20. The molecular weight excluding hydrogens is 316 g/mol. The van der Waals surface area contributed by atoms with Crippen LogP contribution in [-0.2, 0) is 0 Å². The fourth-order valence-electron chi connectivity index (χ4n) is 3.33. The molecule has 4 heteroatoms. The number of thioether (sulfide) groups is 1. The van der Waals surface area contributed by atoms with Crippen LogP contribution >= 0.6 is 11.8 Å².